The summed E-state index contributed by atoms with van der Waals surface area (Å²) in [5, 5.41) is 5.32. The van der Waals surface area contributed by atoms with Crippen LogP contribution < -0.4 is 10.1 Å². The summed E-state index contributed by atoms with van der Waals surface area (Å²) >= 11 is 8.59. The number of carbonyl (C=O) groups excluding carboxylic acids is 1. The molecule has 1 aromatic carbocycles. The number of benzene rings is 1. The zero-order chi connectivity index (χ0) is 19.9. The van der Waals surface area contributed by atoms with Crippen LogP contribution in [0.5, 0.6) is 5.75 Å². The van der Waals surface area contributed by atoms with Crippen LogP contribution in [0.25, 0.3) is 10.2 Å². The van der Waals surface area contributed by atoms with Gasteiger partial charge in [-0.05, 0) is 36.4 Å². The summed E-state index contributed by atoms with van der Waals surface area (Å²) in [5.41, 5.74) is 0.560. The first-order valence-electron chi connectivity index (χ1n) is 8.41. The van der Waals surface area contributed by atoms with E-state index in [0.29, 0.717) is 45.5 Å². The number of carbonyl (C=O) groups is 1. The number of rotatable bonds is 5. The van der Waals surface area contributed by atoms with E-state index in [-0.39, 0.29) is 4.21 Å². The van der Waals surface area contributed by atoms with Crippen molar-refractivity contribution in [1.29, 1.82) is 0 Å². The minimum Gasteiger partial charge on any atom is -0.494 e. The van der Waals surface area contributed by atoms with Crippen LogP contribution in [0.2, 0.25) is 5.02 Å². The van der Waals surface area contributed by atoms with Crippen LogP contribution in [0.15, 0.2) is 33.9 Å². The van der Waals surface area contributed by atoms with Crippen molar-refractivity contribution in [3.63, 3.8) is 0 Å². The molecular weight excluding hydrogens is 442 g/mol. The summed E-state index contributed by atoms with van der Waals surface area (Å²) in [6, 6.07) is 5.88. The summed E-state index contributed by atoms with van der Waals surface area (Å²) in [7, 11) is -2.16. The molecule has 1 saturated heterocycles. The maximum absolute atomic E-state index is 12.8. The van der Waals surface area contributed by atoms with Gasteiger partial charge in [0.1, 0.15) is 21.5 Å². The summed E-state index contributed by atoms with van der Waals surface area (Å²) in [4.78, 5) is 17.3. The van der Waals surface area contributed by atoms with Crippen LogP contribution in [0.3, 0.4) is 0 Å². The first kappa shape index (κ1) is 19.6. The lowest BCUT2D eigenvalue weighted by Gasteiger charge is -2.22. The largest absolute Gasteiger partial charge is 0.494 e. The molecular formula is C17H16ClN3O4S3. The molecule has 1 atom stereocenters. The van der Waals surface area contributed by atoms with Gasteiger partial charge in [0.2, 0.25) is 5.91 Å². The average Bonchev–Trinajstić information content (AvgIpc) is 3.41. The molecule has 1 aliphatic rings. The number of thiazole rings is 1. The van der Waals surface area contributed by atoms with Crippen LogP contribution in [-0.4, -0.2) is 43.3 Å². The van der Waals surface area contributed by atoms with Gasteiger partial charge in [0.15, 0.2) is 5.13 Å². The van der Waals surface area contributed by atoms with Crippen molar-refractivity contribution in [2.45, 2.75) is 23.1 Å². The smallest absolute Gasteiger partial charge is 0.253 e. The van der Waals surface area contributed by atoms with Crippen molar-refractivity contribution in [1.82, 2.24) is 9.29 Å². The predicted octanol–water partition coefficient (Wildman–Crippen LogP) is 3.81. The number of methoxy groups -OCH3 is 1. The van der Waals surface area contributed by atoms with E-state index in [0.717, 1.165) is 11.3 Å². The van der Waals surface area contributed by atoms with Crippen molar-refractivity contribution in [3.05, 3.63) is 34.7 Å². The number of anilines is 1. The summed E-state index contributed by atoms with van der Waals surface area (Å²) < 4.78 is 33.2. The van der Waals surface area contributed by atoms with E-state index in [1.165, 1.54) is 22.8 Å². The molecule has 2 aromatic heterocycles. The van der Waals surface area contributed by atoms with Crippen LogP contribution in [0, 0.1) is 0 Å². The first-order chi connectivity index (χ1) is 13.4. The van der Waals surface area contributed by atoms with E-state index < -0.39 is 22.0 Å². The Morgan fingerprint density at radius 3 is 2.93 bits per heavy atom. The molecule has 0 radical (unpaired) electrons. The fourth-order valence-corrected chi connectivity index (χ4v) is 7.11. The van der Waals surface area contributed by atoms with E-state index in [2.05, 4.69) is 10.3 Å². The van der Waals surface area contributed by atoms with Crippen LogP contribution in [0.1, 0.15) is 12.8 Å². The third-order valence-corrected chi connectivity index (χ3v) is 9.19. The fraction of sp³-hybridized carbons (Fsp3) is 0.294. The van der Waals surface area contributed by atoms with E-state index in [1.54, 1.807) is 29.6 Å². The number of ether oxygens (including phenoxy) is 1. The maximum Gasteiger partial charge on any atom is 0.253 e. The standard InChI is InChI=1S/C17H16ClN3O4S3/c1-25-12-7-6-10(18)15-14(12)19-17(27-15)20-16(22)11-4-2-8-21(11)28(23,24)13-5-3-9-26-13/h3,5-7,9,11H,2,4,8H2,1H3,(H,19,20,22). The lowest BCUT2D eigenvalue weighted by molar-refractivity contribution is -0.119. The van der Waals surface area contributed by atoms with Gasteiger partial charge in [0, 0.05) is 6.54 Å². The minimum atomic E-state index is -3.69. The average molecular weight is 458 g/mol. The summed E-state index contributed by atoms with van der Waals surface area (Å²) in [5.74, 6) is 0.158. The van der Waals surface area contributed by atoms with Crippen molar-refractivity contribution in [2.24, 2.45) is 0 Å². The molecule has 3 heterocycles. The number of nitrogens with zero attached hydrogens (tertiary/aromatic N) is 2. The number of hydrogen-bond acceptors (Lipinski definition) is 7. The number of aromatic nitrogens is 1. The zero-order valence-electron chi connectivity index (χ0n) is 14.7. The van der Waals surface area contributed by atoms with Crippen molar-refractivity contribution >= 4 is 65.6 Å². The SMILES string of the molecule is COc1ccc(Cl)c2sc(NC(=O)C3CCCN3S(=O)(=O)c3cccs3)nc12. The second-order valence-corrected chi connectivity index (χ2v) is 10.6. The number of thiophene rings is 1. The molecule has 28 heavy (non-hydrogen) atoms. The number of amides is 1. The molecule has 0 aliphatic carbocycles. The summed E-state index contributed by atoms with van der Waals surface area (Å²) in [6.45, 7) is 0.317. The Bertz CT molecular complexity index is 1130. The second kappa shape index (κ2) is 7.60. The molecule has 7 nitrogen and oxygen atoms in total. The van der Waals surface area contributed by atoms with E-state index in [9.17, 15) is 13.2 Å². The molecule has 0 spiro atoms. The Labute approximate surface area is 175 Å². The number of halogens is 1. The topological polar surface area (TPSA) is 88.6 Å². The van der Waals surface area contributed by atoms with Gasteiger partial charge in [-0.1, -0.05) is 29.0 Å². The fourth-order valence-electron chi connectivity index (χ4n) is 3.18. The third-order valence-electron chi connectivity index (χ3n) is 4.47. The molecule has 1 N–H and O–H groups in total. The number of hydrogen-bond donors (Lipinski definition) is 1. The van der Waals surface area contributed by atoms with E-state index >= 15 is 0 Å². The van der Waals surface area contributed by atoms with Crippen molar-refractivity contribution in [2.75, 3.05) is 19.0 Å². The number of sulfonamides is 1. The van der Waals surface area contributed by atoms with Gasteiger partial charge in [-0.2, -0.15) is 4.31 Å². The van der Waals surface area contributed by atoms with Crippen LogP contribution in [-0.2, 0) is 14.8 Å². The highest BCUT2D eigenvalue weighted by Crippen LogP contribution is 2.37. The molecule has 1 aliphatic heterocycles. The molecule has 3 aromatic rings. The quantitative estimate of drug-likeness (QED) is 0.629. The second-order valence-electron chi connectivity index (χ2n) is 6.14. The monoisotopic (exact) mass is 457 g/mol. The predicted molar refractivity (Wildman–Crippen MR) is 111 cm³/mol. The molecule has 0 saturated carbocycles. The first-order valence-corrected chi connectivity index (χ1v) is 11.9. The Kier molecular flexibility index (Phi) is 5.32. The zero-order valence-corrected chi connectivity index (χ0v) is 17.9. The molecule has 11 heteroatoms. The molecule has 4 rings (SSSR count). The Morgan fingerprint density at radius 1 is 1.39 bits per heavy atom. The van der Waals surface area contributed by atoms with Gasteiger partial charge >= 0.3 is 0 Å². The number of fused-ring (bicyclic) bond motifs is 1. The van der Waals surface area contributed by atoms with E-state index in [4.69, 9.17) is 16.3 Å². The normalized spacial score (nSPS) is 17.9. The molecule has 0 bridgehead atoms. The highest BCUT2D eigenvalue weighted by molar-refractivity contribution is 7.91. The molecule has 148 valence electrons. The van der Waals surface area contributed by atoms with Crippen molar-refractivity contribution < 1.29 is 17.9 Å². The van der Waals surface area contributed by atoms with Gasteiger partial charge in [-0.25, -0.2) is 13.4 Å². The van der Waals surface area contributed by atoms with Crippen LogP contribution in [0.4, 0.5) is 5.13 Å². The Morgan fingerprint density at radius 2 is 2.21 bits per heavy atom. The van der Waals surface area contributed by atoms with Crippen molar-refractivity contribution in [3.8, 4) is 5.75 Å². The molecule has 1 unspecified atom stereocenters. The lowest BCUT2D eigenvalue weighted by Crippen LogP contribution is -2.42. The van der Waals surface area contributed by atoms with Crippen LogP contribution >= 0.6 is 34.3 Å². The Hall–Kier alpha value is -1.72. The summed E-state index contributed by atoms with van der Waals surface area (Å²) in [6.07, 6.45) is 1.09. The number of nitrogens with one attached hydrogen (secondary N) is 1. The Balaban J connectivity index is 1.60. The highest BCUT2D eigenvalue weighted by Gasteiger charge is 2.40. The lowest BCUT2D eigenvalue weighted by atomic mass is 10.2. The van der Waals surface area contributed by atoms with E-state index in [1.807, 2.05) is 0 Å². The van der Waals surface area contributed by atoms with Gasteiger partial charge in [-0.15, -0.1) is 11.3 Å². The third kappa shape index (κ3) is 3.39. The minimum absolute atomic E-state index is 0.240. The molecule has 1 fully saturated rings. The van der Waals surface area contributed by atoms with Gasteiger partial charge in [0.05, 0.1) is 16.8 Å². The molecule has 1 amide bonds. The highest BCUT2D eigenvalue weighted by atomic mass is 35.5. The van der Waals surface area contributed by atoms with Gasteiger partial charge < -0.3 is 10.1 Å². The van der Waals surface area contributed by atoms with Gasteiger partial charge in [0.25, 0.3) is 10.0 Å². The van der Waals surface area contributed by atoms with Gasteiger partial charge in [-0.3, -0.25) is 4.79 Å². The maximum atomic E-state index is 12.8.